The average Bonchev–Trinajstić information content (AvgIpc) is 3.13. The van der Waals surface area contributed by atoms with Crippen LogP contribution in [0.2, 0.25) is 0 Å². The first-order valence-corrected chi connectivity index (χ1v) is 6.77. The molecule has 1 N–H and O–H groups in total. The van der Waals surface area contributed by atoms with E-state index in [1.165, 1.54) is 4.52 Å². The van der Waals surface area contributed by atoms with Crippen molar-refractivity contribution in [3.05, 3.63) is 38.2 Å². The molecule has 0 aliphatic heterocycles. The van der Waals surface area contributed by atoms with E-state index >= 15 is 0 Å². The highest BCUT2D eigenvalue weighted by molar-refractivity contribution is 5.72. The summed E-state index contributed by atoms with van der Waals surface area (Å²) < 4.78 is 6.34. The van der Waals surface area contributed by atoms with E-state index in [1.807, 2.05) is 6.92 Å². The monoisotopic (exact) mass is 333 g/mol. The minimum Gasteiger partial charge on any atom is -0.485 e. The first-order valence-electron chi connectivity index (χ1n) is 6.77. The smallest absolute Gasteiger partial charge is 0.319 e. The molecule has 0 amide bonds. The largest absolute Gasteiger partial charge is 0.485 e. The van der Waals surface area contributed by atoms with Crippen molar-refractivity contribution in [2.75, 3.05) is 7.11 Å². The van der Waals surface area contributed by atoms with Crippen LogP contribution >= 0.6 is 0 Å². The predicted octanol–water partition coefficient (Wildman–Crippen LogP) is 1.51. The normalized spacial score (nSPS) is 10.9. The molecule has 0 spiro atoms. The van der Waals surface area contributed by atoms with Gasteiger partial charge in [-0.3, -0.25) is 25.3 Å². The Balaban J connectivity index is 2.24. The Morgan fingerprint density at radius 3 is 2.33 bits per heavy atom. The van der Waals surface area contributed by atoms with Crippen molar-refractivity contribution in [2.24, 2.45) is 0 Å². The molecule has 124 valence electrons. The quantitative estimate of drug-likeness (QED) is 0.544. The number of aromatic amines is 1. The zero-order valence-electron chi connectivity index (χ0n) is 12.6. The molecule has 0 saturated heterocycles. The van der Waals surface area contributed by atoms with Crippen LogP contribution in [0.3, 0.4) is 0 Å². The highest BCUT2D eigenvalue weighted by Crippen LogP contribution is 2.40. The molecule has 0 atom stereocenters. The summed E-state index contributed by atoms with van der Waals surface area (Å²) in [4.78, 5) is 25.1. The van der Waals surface area contributed by atoms with Crippen molar-refractivity contribution in [3.8, 4) is 17.1 Å². The Morgan fingerprint density at radius 2 is 1.83 bits per heavy atom. The van der Waals surface area contributed by atoms with E-state index < -0.39 is 27.0 Å². The number of fused-ring (bicyclic) bond motifs is 1. The SMILES string of the molecule is CCc1nnc2nc(-c3cc([N+](=O)[O-])c(OC)c([N+](=O)[O-])c3)[nH]n12. The number of benzene rings is 1. The Hall–Kier alpha value is -3.57. The third kappa shape index (κ3) is 2.29. The summed E-state index contributed by atoms with van der Waals surface area (Å²) in [6.07, 6.45) is 0.589. The summed E-state index contributed by atoms with van der Waals surface area (Å²) in [5, 5.41) is 33.1. The van der Waals surface area contributed by atoms with Crippen LogP contribution in [0.5, 0.6) is 5.75 Å². The van der Waals surface area contributed by atoms with E-state index in [-0.39, 0.29) is 17.2 Å². The number of nitro benzene ring substituents is 2. The second-order valence-electron chi connectivity index (χ2n) is 4.74. The average molecular weight is 333 g/mol. The third-order valence-corrected chi connectivity index (χ3v) is 3.38. The molecule has 3 aromatic rings. The Labute approximate surface area is 133 Å². The van der Waals surface area contributed by atoms with Gasteiger partial charge in [-0.15, -0.1) is 10.2 Å². The van der Waals surface area contributed by atoms with Crippen molar-refractivity contribution in [2.45, 2.75) is 13.3 Å². The maximum Gasteiger partial charge on any atom is 0.319 e. The molecule has 12 heteroatoms. The van der Waals surface area contributed by atoms with Gasteiger partial charge in [-0.05, 0) is 0 Å². The van der Waals surface area contributed by atoms with Crippen molar-refractivity contribution in [1.29, 1.82) is 0 Å². The van der Waals surface area contributed by atoms with Crippen molar-refractivity contribution in [3.63, 3.8) is 0 Å². The number of H-pyrrole nitrogens is 1. The van der Waals surface area contributed by atoms with Gasteiger partial charge in [0.1, 0.15) is 0 Å². The van der Waals surface area contributed by atoms with Gasteiger partial charge in [0.2, 0.25) is 0 Å². The summed E-state index contributed by atoms with van der Waals surface area (Å²) in [6.45, 7) is 1.88. The highest BCUT2D eigenvalue weighted by Gasteiger charge is 2.29. The topological polar surface area (TPSA) is 154 Å². The van der Waals surface area contributed by atoms with Crippen molar-refractivity contribution >= 4 is 17.2 Å². The highest BCUT2D eigenvalue weighted by atomic mass is 16.6. The van der Waals surface area contributed by atoms with Gasteiger partial charge in [-0.2, -0.15) is 4.98 Å². The van der Waals surface area contributed by atoms with Crippen LogP contribution in [0.1, 0.15) is 12.7 Å². The molecule has 3 rings (SSSR count). The number of nitrogens with zero attached hydrogens (tertiary/aromatic N) is 6. The number of nitrogens with one attached hydrogen (secondary N) is 1. The van der Waals surface area contributed by atoms with E-state index in [4.69, 9.17) is 4.74 Å². The molecule has 2 heterocycles. The van der Waals surface area contributed by atoms with Crippen LogP contribution < -0.4 is 4.74 Å². The Bertz CT molecular complexity index is 925. The van der Waals surface area contributed by atoms with Gasteiger partial charge in [-0.25, -0.2) is 4.52 Å². The number of hydrogen-bond donors (Lipinski definition) is 1. The summed E-state index contributed by atoms with van der Waals surface area (Å²) in [5.74, 6) is 0.661. The summed E-state index contributed by atoms with van der Waals surface area (Å²) in [5.41, 5.74) is -0.879. The fourth-order valence-corrected chi connectivity index (χ4v) is 2.30. The van der Waals surface area contributed by atoms with Crippen LogP contribution in [0.4, 0.5) is 11.4 Å². The van der Waals surface area contributed by atoms with E-state index in [0.717, 1.165) is 19.2 Å². The van der Waals surface area contributed by atoms with E-state index in [0.29, 0.717) is 12.2 Å². The molecule has 0 radical (unpaired) electrons. The van der Waals surface area contributed by atoms with Gasteiger partial charge in [0, 0.05) is 24.1 Å². The van der Waals surface area contributed by atoms with Gasteiger partial charge in [0.25, 0.3) is 11.5 Å². The molecule has 0 saturated carbocycles. The fourth-order valence-electron chi connectivity index (χ4n) is 2.30. The van der Waals surface area contributed by atoms with Crippen LogP contribution in [-0.2, 0) is 6.42 Å². The maximum atomic E-state index is 11.2. The van der Waals surface area contributed by atoms with Gasteiger partial charge in [0.15, 0.2) is 11.6 Å². The number of aromatic nitrogens is 5. The second kappa shape index (κ2) is 5.57. The molecule has 2 aromatic heterocycles. The molecule has 24 heavy (non-hydrogen) atoms. The third-order valence-electron chi connectivity index (χ3n) is 3.38. The molecule has 0 bridgehead atoms. The molecule has 0 aliphatic carbocycles. The van der Waals surface area contributed by atoms with Crippen molar-refractivity contribution in [1.82, 2.24) is 24.8 Å². The lowest BCUT2D eigenvalue weighted by atomic mass is 10.1. The standard InChI is InChI=1S/C12H11N7O5/c1-3-9-14-15-12-13-11(16-17(9)12)6-4-7(18(20)21)10(24-2)8(5-6)19(22)23/h4-5H,3H2,1-2H3,(H,13,15,16). The maximum absolute atomic E-state index is 11.2. The molecule has 0 unspecified atom stereocenters. The number of nitro groups is 2. The van der Waals surface area contributed by atoms with Crippen LogP contribution in [0, 0.1) is 20.2 Å². The second-order valence-corrected chi connectivity index (χ2v) is 4.74. The number of aryl methyl sites for hydroxylation is 1. The molecule has 12 nitrogen and oxygen atoms in total. The molecule has 1 aromatic carbocycles. The zero-order chi connectivity index (χ0) is 17.4. The van der Waals surface area contributed by atoms with Gasteiger partial charge in [0.05, 0.1) is 17.0 Å². The Morgan fingerprint density at radius 1 is 1.21 bits per heavy atom. The van der Waals surface area contributed by atoms with E-state index in [2.05, 4.69) is 20.3 Å². The minimum absolute atomic E-state index is 0.168. The molecule has 0 aliphatic rings. The first-order chi connectivity index (χ1) is 11.5. The lowest BCUT2D eigenvalue weighted by molar-refractivity contribution is -0.395. The van der Waals surface area contributed by atoms with Gasteiger partial charge >= 0.3 is 11.4 Å². The number of rotatable bonds is 5. The fraction of sp³-hybridized carbons (Fsp3) is 0.250. The van der Waals surface area contributed by atoms with Gasteiger partial charge in [-0.1, -0.05) is 6.92 Å². The molecular weight excluding hydrogens is 322 g/mol. The predicted molar refractivity (Wildman–Crippen MR) is 79.8 cm³/mol. The summed E-state index contributed by atoms with van der Waals surface area (Å²) >= 11 is 0. The van der Waals surface area contributed by atoms with Crippen LogP contribution in [0.25, 0.3) is 17.2 Å². The molecular formula is C12H11N7O5. The number of ether oxygens (including phenoxy) is 1. The van der Waals surface area contributed by atoms with Crippen molar-refractivity contribution < 1.29 is 14.6 Å². The first kappa shape index (κ1) is 15.3. The van der Waals surface area contributed by atoms with Gasteiger partial charge < -0.3 is 4.74 Å². The lowest BCUT2D eigenvalue weighted by Crippen LogP contribution is -2.00. The minimum atomic E-state index is -0.748. The summed E-state index contributed by atoms with van der Waals surface area (Å²) in [7, 11) is 1.13. The summed E-state index contributed by atoms with van der Waals surface area (Å²) in [6, 6.07) is 2.31. The van der Waals surface area contributed by atoms with E-state index in [1.54, 1.807) is 0 Å². The van der Waals surface area contributed by atoms with Crippen LogP contribution in [-0.4, -0.2) is 41.8 Å². The Kier molecular flexibility index (Phi) is 3.56. The molecule has 0 fully saturated rings. The number of methoxy groups -OCH3 is 1. The van der Waals surface area contributed by atoms with Crippen LogP contribution in [0.15, 0.2) is 12.1 Å². The van der Waals surface area contributed by atoms with E-state index in [9.17, 15) is 20.2 Å². The lowest BCUT2D eigenvalue weighted by Gasteiger charge is -2.04. The number of hydrogen-bond acceptors (Lipinski definition) is 8. The zero-order valence-corrected chi connectivity index (χ0v) is 12.6.